The van der Waals surface area contributed by atoms with E-state index in [0.717, 1.165) is 17.7 Å². The van der Waals surface area contributed by atoms with Gasteiger partial charge in [-0.15, -0.1) is 13.2 Å². The molecule has 10 nitrogen and oxygen atoms in total. The second kappa shape index (κ2) is 13.0. The van der Waals surface area contributed by atoms with Gasteiger partial charge in [-0.25, -0.2) is 13.6 Å². The van der Waals surface area contributed by atoms with E-state index in [4.69, 9.17) is 10.9 Å². The first-order valence-electron chi connectivity index (χ1n) is 12.9. The zero-order valence-corrected chi connectivity index (χ0v) is 24.8. The van der Waals surface area contributed by atoms with Gasteiger partial charge in [0.2, 0.25) is 15.9 Å². The first-order valence-corrected chi connectivity index (χ1v) is 15.4. The van der Waals surface area contributed by atoms with Gasteiger partial charge in [-0.3, -0.25) is 14.4 Å². The maximum atomic E-state index is 13.8. The highest BCUT2D eigenvalue weighted by Gasteiger charge is 2.31. The molecule has 0 aliphatic heterocycles. The molecule has 0 atom stereocenters. The van der Waals surface area contributed by atoms with Crippen LogP contribution in [-0.2, 0) is 34.3 Å². The van der Waals surface area contributed by atoms with Crippen molar-refractivity contribution in [3.63, 3.8) is 0 Å². The molecule has 2 aromatic carbocycles. The predicted octanol–water partition coefficient (Wildman–Crippen LogP) is 4.01. The minimum Gasteiger partial charge on any atom is -0.406 e. The molecule has 0 unspecified atom stereocenters. The SMILES string of the molecule is Cc1c(C(N)=O)cc(C(=O)CN(Cc2ccc(S(N)(=O)=O)cc2)C(=O)Cc2ccsc2)n1Cc1cccc(OC(F)(F)F)c1. The Morgan fingerprint density at radius 3 is 2.30 bits per heavy atom. The minimum absolute atomic E-state index is 0.00931. The highest BCUT2D eigenvalue weighted by molar-refractivity contribution is 7.89. The lowest BCUT2D eigenvalue weighted by molar-refractivity contribution is -0.274. The number of aromatic nitrogens is 1. The standard InChI is InChI=1S/C29H27F3N4O6S2/c1-18-24(28(33)39)13-25(36(18)15-20-3-2-4-22(11-20)42-29(30,31)32)26(37)16-35(27(38)12-21-9-10-43-17-21)14-19-5-7-23(8-6-19)44(34,40)41/h2-11,13,17H,12,14-16H2,1H3,(H2,33,39)(H2,34,40,41). The Bertz CT molecular complexity index is 1780. The average Bonchev–Trinajstić information content (AvgIpc) is 3.55. The second-order valence-electron chi connectivity index (χ2n) is 9.84. The van der Waals surface area contributed by atoms with E-state index in [1.54, 1.807) is 23.8 Å². The molecule has 0 spiro atoms. The predicted molar refractivity (Wildman–Crippen MR) is 155 cm³/mol. The number of carbonyl (C=O) groups is 3. The van der Waals surface area contributed by atoms with Crippen LogP contribution in [0, 0.1) is 6.92 Å². The molecule has 0 radical (unpaired) electrons. The van der Waals surface area contributed by atoms with Crippen molar-refractivity contribution >= 4 is 39.0 Å². The Balaban J connectivity index is 1.65. The molecule has 0 aliphatic rings. The van der Waals surface area contributed by atoms with E-state index in [1.165, 1.54) is 63.3 Å². The lowest BCUT2D eigenvalue weighted by atomic mass is 10.1. The van der Waals surface area contributed by atoms with Gasteiger partial charge in [0, 0.05) is 18.8 Å². The number of ketones is 1. The van der Waals surface area contributed by atoms with Crippen LogP contribution in [0.3, 0.4) is 0 Å². The van der Waals surface area contributed by atoms with Gasteiger partial charge in [-0.05, 0) is 70.8 Å². The van der Waals surface area contributed by atoms with E-state index in [9.17, 15) is 36.0 Å². The van der Waals surface area contributed by atoms with Crippen molar-refractivity contribution in [3.8, 4) is 5.75 Å². The number of Topliss-reactive ketones (excluding diaryl/α,β-unsaturated/α-hetero) is 1. The molecule has 44 heavy (non-hydrogen) atoms. The van der Waals surface area contributed by atoms with E-state index in [1.807, 2.05) is 0 Å². The Morgan fingerprint density at radius 1 is 1.00 bits per heavy atom. The normalized spacial score (nSPS) is 11.8. The molecule has 2 aromatic heterocycles. The zero-order chi connectivity index (χ0) is 32.2. The first-order chi connectivity index (χ1) is 20.6. The Kier molecular flexibility index (Phi) is 9.61. The summed E-state index contributed by atoms with van der Waals surface area (Å²) < 4.78 is 67.1. The third kappa shape index (κ3) is 8.33. The number of primary amides is 1. The summed E-state index contributed by atoms with van der Waals surface area (Å²) in [6.07, 6.45) is -4.91. The molecule has 0 aliphatic carbocycles. The van der Waals surface area contributed by atoms with Crippen LogP contribution in [0.25, 0.3) is 0 Å². The van der Waals surface area contributed by atoms with Gasteiger partial charge >= 0.3 is 6.36 Å². The van der Waals surface area contributed by atoms with Crippen LogP contribution >= 0.6 is 11.3 Å². The number of hydrogen-bond donors (Lipinski definition) is 2. The molecule has 2 heterocycles. The van der Waals surface area contributed by atoms with Crippen LogP contribution in [0.4, 0.5) is 13.2 Å². The van der Waals surface area contributed by atoms with Crippen molar-refractivity contribution in [2.24, 2.45) is 10.9 Å². The molecule has 0 bridgehead atoms. The lowest BCUT2D eigenvalue weighted by Crippen LogP contribution is -2.37. The van der Waals surface area contributed by atoms with Crippen molar-refractivity contribution in [2.45, 2.75) is 37.7 Å². The molecule has 4 rings (SSSR count). The quantitative estimate of drug-likeness (QED) is 0.221. The smallest absolute Gasteiger partial charge is 0.406 e. The fourth-order valence-electron chi connectivity index (χ4n) is 4.52. The van der Waals surface area contributed by atoms with Gasteiger partial charge < -0.3 is 19.9 Å². The summed E-state index contributed by atoms with van der Waals surface area (Å²) in [6.45, 7) is 0.949. The van der Waals surface area contributed by atoms with E-state index in [0.29, 0.717) is 16.8 Å². The third-order valence-corrected chi connectivity index (χ3v) is 8.30. The molecule has 4 N–H and O–H groups in total. The maximum Gasteiger partial charge on any atom is 0.573 e. The van der Waals surface area contributed by atoms with Gasteiger partial charge in [0.25, 0.3) is 5.91 Å². The fraction of sp³-hybridized carbons (Fsp3) is 0.207. The topological polar surface area (TPSA) is 155 Å². The number of benzene rings is 2. The van der Waals surface area contributed by atoms with E-state index in [2.05, 4.69) is 4.74 Å². The number of nitrogens with zero attached hydrogens (tertiary/aromatic N) is 2. The van der Waals surface area contributed by atoms with Crippen LogP contribution in [0.15, 0.2) is 76.3 Å². The number of halogens is 3. The van der Waals surface area contributed by atoms with Crippen LogP contribution in [0.1, 0.15) is 43.2 Å². The van der Waals surface area contributed by atoms with Crippen molar-refractivity contribution in [3.05, 3.63) is 105 Å². The Hall–Kier alpha value is -4.47. The van der Waals surface area contributed by atoms with Crippen molar-refractivity contribution < 1.29 is 40.7 Å². The number of alkyl halides is 3. The number of nitrogens with two attached hydrogens (primary N) is 2. The maximum absolute atomic E-state index is 13.8. The van der Waals surface area contributed by atoms with Crippen LogP contribution in [0.2, 0.25) is 0 Å². The summed E-state index contributed by atoms with van der Waals surface area (Å²) in [7, 11) is -3.94. The number of ether oxygens (including phenoxy) is 1. The molecular formula is C29H27F3N4O6S2. The number of carbonyl (C=O) groups excluding carboxylic acids is 3. The van der Waals surface area contributed by atoms with Gasteiger partial charge in [-0.1, -0.05) is 24.3 Å². The van der Waals surface area contributed by atoms with Gasteiger partial charge in [-0.2, -0.15) is 11.3 Å². The van der Waals surface area contributed by atoms with Crippen molar-refractivity contribution in [2.75, 3.05) is 6.54 Å². The summed E-state index contributed by atoms with van der Waals surface area (Å²) in [5, 5.41) is 8.77. The summed E-state index contributed by atoms with van der Waals surface area (Å²) in [5.74, 6) is -2.23. The third-order valence-electron chi connectivity index (χ3n) is 6.64. The molecule has 0 fully saturated rings. The lowest BCUT2D eigenvalue weighted by Gasteiger charge is -2.23. The molecule has 0 saturated carbocycles. The molecule has 2 amide bonds. The summed E-state index contributed by atoms with van der Waals surface area (Å²) in [5.41, 5.74) is 7.48. The van der Waals surface area contributed by atoms with Crippen LogP contribution in [-0.4, -0.2) is 48.4 Å². The molecule has 4 aromatic rings. The summed E-state index contributed by atoms with van der Waals surface area (Å²) >= 11 is 1.40. The summed E-state index contributed by atoms with van der Waals surface area (Å²) in [4.78, 5) is 40.5. The van der Waals surface area contributed by atoms with Crippen molar-refractivity contribution in [1.29, 1.82) is 0 Å². The van der Waals surface area contributed by atoms with Gasteiger partial charge in [0.05, 0.1) is 29.1 Å². The first kappa shape index (κ1) is 32.4. The minimum atomic E-state index is -4.90. The van der Waals surface area contributed by atoms with E-state index in [-0.39, 0.29) is 35.7 Å². The van der Waals surface area contributed by atoms with Gasteiger partial charge in [0.1, 0.15) is 5.75 Å². The zero-order valence-electron chi connectivity index (χ0n) is 23.2. The molecule has 232 valence electrons. The number of amides is 2. The molecule has 0 saturated heterocycles. The van der Waals surface area contributed by atoms with Gasteiger partial charge in [0.15, 0.2) is 5.78 Å². The Morgan fingerprint density at radius 2 is 1.70 bits per heavy atom. The van der Waals surface area contributed by atoms with E-state index >= 15 is 0 Å². The number of primary sulfonamides is 1. The number of sulfonamides is 1. The molecule has 15 heteroatoms. The largest absolute Gasteiger partial charge is 0.573 e. The number of rotatable bonds is 12. The highest BCUT2D eigenvalue weighted by Crippen LogP contribution is 2.25. The highest BCUT2D eigenvalue weighted by atomic mass is 32.2. The van der Waals surface area contributed by atoms with Crippen LogP contribution in [0.5, 0.6) is 5.75 Å². The fourth-order valence-corrected chi connectivity index (χ4v) is 5.71. The average molecular weight is 649 g/mol. The molecular weight excluding hydrogens is 621 g/mol. The van der Waals surface area contributed by atoms with Crippen molar-refractivity contribution in [1.82, 2.24) is 9.47 Å². The second-order valence-corrected chi connectivity index (χ2v) is 12.2. The summed E-state index contributed by atoms with van der Waals surface area (Å²) in [6, 6.07) is 13.8. The van der Waals surface area contributed by atoms with Crippen LogP contribution < -0.4 is 15.6 Å². The van der Waals surface area contributed by atoms with E-state index < -0.39 is 46.3 Å². The monoisotopic (exact) mass is 648 g/mol. The Labute approximate surface area is 254 Å². The number of hydrogen-bond acceptors (Lipinski definition) is 7. The number of thiophene rings is 1.